The Labute approximate surface area is 113 Å². The highest BCUT2D eigenvalue weighted by atomic mass is 79.9. The molecule has 2 rings (SSSR count). The predicted molar refractivity (Wildman–Crippen MR) is 73.3 cm³/mol. The van der Waals surface area contributed by atoms with Crippen molar-refractivity contribution in [2.24, 2.45) is 0 Å². The number of hydrogen-bond acceptors (Lipinski definition) is 2. The fourth-order valence-electron chi connectivity index (χ4n) is 1.62. The van der Waals surface area contributed by atoms with Crippen molar-refractivity contribution in [1.29, 1.82) is 5.26 Å². The molecular formula is C14H10BrFN2. The van der Waals surface area contributed by atoms with E-state index >= 15 is 0 Å². The van der Waals surface area contributed by atoms with Crippen LogP contribution >= 0.6 is 15.9 Å². The molecule has 4 heteroatoms. The number of aryl methyl sites for hydroxylation is 1. The fourth-order valence-corrected chi connectivity index (χ4v) is 2.11. The maximum Gasteiger partial charge on any atom is 0.146 e. The molecule has 0 bridgehead atoms. The molecule has 0 spiro atoms. The van der Waals surface area contributed by atoms with Crippen molar-refractivity contribution < 1.29 is 4.39 Å². The standard InChI is InChI=1S/C14H10BrFN2/c1-9-2-3-13(16)14(4-9)18-12-6-10(8-17)5-11(15)7-12/h2-7,18H,1H3. The molecule has 2 aromatic carbocycles. The van der Waals surface area contributed by atoms with Crippen LogP contribution < -0.4 is 5.32 Å². The lowest BCUT2D eigenvalue weighted by atomic mass is 10.2. The number of benzene rings is 2. The molecule has 18 heavy (non-hydrogen) atoms. The van der Waals surface area contributed by atoms with Crippen molar-refractivity contribution >= 4 is 27.3 Å². The molecule has 2 aromatic rings. The van der Waals surface area contributed by atoms with Crippen LogP contribution in [0.5, 0.6) is 0 Å². The van der Waals surface area contributed by atoms with Gasteiger partial charge in [0.1, 0.15) is 5.82 Å². The van der Waals surface area contributed by atoms with Crippen molar-refractivity contribution in [1.82, 2.24) is 0 Å². The Balaban J connectivity index is 2.37. The normalized spacial score (nSPS) is 9.89. The Morgan fingerprint density at radius 1 is 1.22 bits per heavy atom. The summed E-state index contributed by atoms with van der Waals surface area (Å²) in [5.74, 6) is -0.320. The molecule has 1 N–H and O–H groups in total. The summed E-state index contributed by atoms with van der Waals surface area (Å²) in [6.07, 6.45) is 0. The molecule has 0 aromatic heterocycles. The molecule has 0 aliphatic rings. The van der Waals surface area contributed by atoms with Crippen molar-refractivity contribution in [3.8, 4) is 6.07 Å². The second-order valence-electron chi connectivity index (χ2n) is 3.95. The minimum atomic E-state index is -0.320. The smallest absolute Gasteiger partial charge is 0.146 e. The third-order valence-electron chi connectivity index (χ3n) is 2.43. The van der Waals surface area contributed by atoms with Gasteiger partial charge in [-0.3, -0.25) is 0 Å². The van der Waals surface area contributed by atoms with E-state index in [1.807, 2.05) is 6.92 Å². The highest BCUT2D eigenvalue weighted by Crippen LogP contribution is 2.25. The summed E-state index contributed by atoms with van der Waals surface area (Å²) < 4.78 is 14.4. The number of nitrogens with zero attached hydrogens (tertiary/aromatic N) is 1. The monoisotopic (exact) mass is 304 g/mol. The third-order valence-corrected chi connectivity index (χ3v) is 2.89. The van der Waals surface area contributed by atoms with E-state index < -0.39 is 0 Å². The molecular weight excluding hydrogens is 295 g/mol. The first-order valence-corrected chi connectivity index (χ1v) is 6.11. The van der Waals surface area contributed by atoms with Crippen molar-refractivity contribution in [3.05, 3.63) is 57.8 Å². The average Bonchev–Trinajstić information content (AvgIpc) is 2.33. The van der Waals surface area contributed by atoms with Gasteiger partial charge in [-0.1, -0.05) is 22.0 Å². The van der Waals surface area contributed by atoms with Crippen LogP contribution in [-0.4, -0.2) is 0 Å². The van der Waals surface area contributed by atoms with Gasteiger partial charge in [0.05, 0.1) is 17.3 Å². The summed E-state index contributed by atoms with van der Waals surface area (Å²) >= 11 is 3.32. The van der Waals surface area contributed by atoms with E-state index in [0.717, 1.165) is 10.0 Å². The average molecular weight is 305 g/mol. The van der Waals surface area contributed by atoms with E-state index in [4.69, 9.17) is 5.26 Å². The number of rotatable bonds is 2. The molecule has 0 radical (unpaired) electrons. The first-order chi connectivity index (χ1) is 8.58. The van der Waals surface area contributed by atoms with E-state index in [-0.39, 0.29) is 5.82 Å². The van der Waals surface area contributed by atoms with E-state index in [1.165, 1.54) is 6.07 Å². The highest BCUT2D eigenvalue weighted by Gasteiger charge is 2.04. The zero-order valence-electron chi connectivity index (χ0n) is 9.67. The van der Waals surface area contributed by atoms with E-state index in [0.29, 0.717) is 16.9 Å². The van der Waals surface area contributed by atoms with Crippen molar-refractivity contribution in [2.45, 2.75) is 6.92 Å². The van der Waals surface area contributed by atoms with Crippen LogP contribution in [0.1, 0.15) is 11.1 Å². The summed E-state index contributed by atoms with van der Waals surface area (Å²) in [7, 11) is 0. The third kappa shape index (κ3) is 2.88. The zero-order chi connectivity index (χ0) is 13.1. The van der Waals surface area contributed by atoms with Crippen LogP contribution in [0, 0.1) is 24.1 Å². The van der Waals surface area contributed by atoms with Crippen LogP contribution in [0.3, 0.4) is 0 Å². The van der Waals surface area contributed by atoms with Crippen molar-refractivity contribution in [3.63, 3.8) is 0 Å². The second-order valence-corrected chi connectivity index (χ2v) is 4.86. The van der Waals surface area contributed by atoms with E-state index in [1.54, 1.807) is 30.3 Å². The molecule has 0 unspecified atom stereocenters. The Kier molecular flexibility index (Phi) is 3.63. The van der Waals surface area contributed by atoms with Gasteiger partial charge in [0.25, 0.3) is 0 Å². The van der Waals surface area contributed by atoms with Gasteiger partial charge in [-0.25, -0.2) is 4.39 Å². The molecule has 2 nitrogen and oxygen atoms in total. The van der Waals surface area contributed by atoms with Gasteiger partial charge < -0.3 is 5.32 Å². The summed E-state index contributed by atoms with van der Waals surface area (Å²) in [5.41, 5.74) is 2.55. The van der Waals surface area contributed by atoms with Gasteiger partial charge in [0.2, 0.25) is 0 Å². The van der Waals surface area contributed by atoms with Gasteiger partial charge in [0, 0.05) is 10.2 Å². The maximum absolute atomic E-state index is 13.6. The van der Waals surface area contributed by atoms with E-state index in [2.05, 4.69) is 27.3 Å². The molecule has 0 heterocycles. The number of hydrogen-bond donors (Lipinski definition) is 1. The summed E-state index contributed by atoms with van der Waals surface area (Å²) in [6.45, 7) is 1.90. The number of nitrogens with one attached hydrogen (secondary N) is 1. The van der Waals surface area contributed by atoms with Gasteiger partial charge in [-0.15, -0.1) is 0 Å². The van der Waals surface area contributed by atoms with Crippen molar-refractivity contribution in [2.75, 3.05) is 5.32 Å². The lowest BCUT2D eigenvalue weighted by Gasteiger charge is -2.09. The number of halogens is 2. The number of nitriles is 1. The van der Waals surface area contributed by atoms with Gasteiger partial charge in [-0.05, 0) is 42.8 Å². The maximum atomic E-state index is 13.6. The zero-order valence-corrected chi connectivity index (χ0v) is 11.3. The predicted octanol–water partition coefficient (Wildman–Crippen LogP) is 4.51. The molecule has 0 saturated heterocycles. The lowest BCUT2D eigenvalue weighted by Crippen LogP contribution is -1.95. The molecule has 90 valence electrons. The minimum absolute atomic E-state index is 0.320. The van der Waals surface area contributed by atoms with Crippen LogP contribution in [0.4, 0.5) is 15.8 Å². The Bertz CT molecular complexity index is 632. The van der Waals surface area contributed by atoms with Crippen LogP contribution in [-0.2, 0) is 0 Å². The summed E-state index contributed by atoms with van der Waals surface area (Å²) in [4.78, 5) is 0. The number of anilines is 2. The van der Waals surface area contributed by atoms with Gasteiger partial charge in [-0.2, -0.15) is 5.26 Å². The minimum Gasteiger partial charge on any atom is -0.353 e. The lowest BCUT2D eigenvalue weighted by molar-refractivity contribution is 0.631. The second kappa shape index (κ2) is 5.19. The van der Waals surface area contributed by atoms with E-state index in [9.17, 15) is 4.39 Å². The van der Waals surface area contributed by atoms with Gasteiger partial charge in [0.15, 0.2) is 0 Å². The summed E-state index contributed by atoms with van der Waals surface area (Å²) in [6, 6.07) is 12.1. The largest absolute Gasteiger partial charge is 0.353 e. The van der Waals surface area contributed by atoms with Gasteiger partial charge >= 0.3 is 0 Å². The fraction of sp³-hybridized carbons (Fsp3) is 0.0714. The van der Waals surface area contributed by atoms with Crippen LogP contribution in [0.25, 0.3) is 0 Å². The first-order valence-electron chi connectivity index (χ1n) is 5.32. The van der Waals surface area contributed by atoms with Crippen LogP contribution in [0.15, 0.2) is 40.9 Å². The molecule has 0 saturated carbocycles. The highest BCUT2D eigenvalue weighted by molar-refractivity contribution is 9.10. The Morgan fingerprint density at radius 2 is 2.00 bits per heavy atom. The molecule has 0 atom stereocenters. The molecule has 0 amide bonds. The topological polar surface area (TPSA) is 35.8 Å². The first kappa shape index (κ1) is 12.6. The SMILES string of the molecule is Cc1ccc(F)c(Nc2cc(Br)cc(C#N)c2)c1. The summed E-state index contributed by atoms with van der Waals surface area (Å²) in [5, 5.41) is 11.9. The quantitative estimate of drug-likeness (QED) is 0.886. The molecule has 0 aliphatic heterocycles. The Morgan fingerprint density at radius 3 is 2.72 bits per heavy atom. The molecule has 0 fully saturated rings. The van der Waals surface area contributed by atoms with Crippen LogP contribution in [0.2, 0.25) is 0 Å². The molecule has 0 aliphatic carbocycles. The Hall–Kier alpha value is -1.86.